The largest absolute Gasteiger partial charge is 0.456 e. The van der Waals surface area contributed by atoms with Crippen LogP contribution in [0.15, 0.2) is 17.5 Å². The summed E-state index contributed by atoms with van der Waals surface area (Å²) in [6.45, 7) is 7.41. The first-order valence-corrected chi connectivity index (χ1v) is 19.8. The van der Waals surface area contributed by atoms with Crippen LogP contribution in [0, 0.1) is 41.4 Å². The van der Waals surface area contributed by atoms with E-state index in [1.807, 2.05) is 6.92 Å². The van der Waals surface area contributed by atoms with Crippen LogP contribution in [0.5, 0.6) is 0 Å². The zero-order valence-corrected chi connectivity index (χ0v) is 32.0. The maximum atomic E-state index is 15.3. The lowest BCUT2D eigenvalue weighted by Gasteiger charge is -2.62. The fraction of sp³-hybridized carbons (Fsp3) is 0.892. The van der Waals surface area contributed by atoms with E-state index in [0.29, 0.717) is 57.1 Å². The summed E-state index contributed by atoms with van der Waals surface area (Å²) < 4.78 is 127. The Morgan fingerprint density at radius 1 is 0.768 bits per heavy atom. The summed E-state index contributed by atoms with van der Waals surface area (Å²) in [5.41, 5.74) is -2.34. The van der Waals surface area contributed by atoms with Gasteiger partial charge in [-0.25, -0.2) is 24.2 Å². The molecule has 1 aromatic heterocycles. The van der Waals surface area contributed by atoms with Crippen LogP contribution in [0.2, 0.25) is 0 Å². The number of halogens is 6. The van der Waals surface area contributed by atoms with E-state index in [1.165, 1.54) is 17.8 Å². The molecule has 4 bridgehead atoms. The molecule has 7 saturated heterocycles. The lowest BCUT2D eigenvalue weighted by Crippen LogP contribution is -2.76. The van der Waals surface area contributed by atoms with Gasteiger partial charge in [0.2, 0.25) is 23.6 Å². The van der Waals surface area contributed by atoms with Gasteiger partial charge in [0.1, 0.15) is 0 Å². The van der Waals surface area contributed by atoms with Gasteiger partial charge in [-0.2, -0.15) is 26.3 Å². The number of hydrogen-bond donors (Lipinski definition) is 0. The molecule has 14 atom stereocenters. The highest BCUT2D eigenvalue weighted by Crippen LogP contribution is 2.65. The Hall–Kier alpha value is -2.10. The minimum atomic E-state index is -4.97. The van der Waals surface area contributed by atoms with Crippen LogP contribution in [-0.2, 0) is 61.1 Å². The van der Waals surface area contributed by atoms with Crippen molar-refractivity contribution in [1.29, 1.82) is 0 Å². The Bertz CT molecular complexity index is 1710. The number of alkyl halides is 6. The quantitative estimate of drug-likeness (QED) is 0.198. The number of allylic oxidation sites excluding steroid dienone is 1. The van der Waals surface area contributed by atoms with Crippen LogP contribution in [-0.4, -0.2) is 81.7 Å². The average molecular weight is 810 g/mol. The Balaban J connectivity index is 0.917. The molecule has 0 radical (unpaired) electrons. The zero-order valence-electron chi connectivity index (χ0n) is 32.0. The highest BCUT2D eigenvalue weighted by atomic mass is 19.4. The number of nitrogens with zero attached hydrogens (tertiary/aromatic N) is 3. The molecule has 19 heteroatoms. The van der Waals surface area contributed by atoms with Gasteiger partial charge in [-0.15, -0.1) is 5.10 Å². The molecule has 10 aliphatic rings. The number of fused-ring (bicyclic) bond motifs is 4. The molecule has 1 aromatic rings. The van der Waals surface area contributed by atoms with Gasteiger partial charge < -0.3 is 28.4 Å². The molecule has 0 amide bonds. The first kappa shape index (κ1) is 39.4. The van der Waals surface area contributed by atoms with E-state index in [2.05, 4.69) is 17.2 Å². The molecular weight excluding hydrogens is 760 g/mol. The average Bonchev–Trinajstić information content (AvgIpc) is 3.26. The van der Waals surface area contributed by atoms with Gasteiger partial charge in [-0.1, -0.05) is 26.0 Å². The van der Waals surface area contributed by atoms with Crippen molar-refractivity contribution in [2.24, 2.45) is 41.4 Å². The molecule has 3 unspecified atom stereocenters. The normalized spacial score (nSPS) is 47.2. The number of hydrogen-bond acceptors (Lipinski definition) is 12. The predicted molar refractivity (Wildman–Crippen MR) is 174 cm³/mol. The topological polar surface area (TPSA) is 123 Å². The minimum absolute atomic E-state index is 0.115. The van der Waals surface area contributed by atoms with Crippen molar-refractivity contribution in [3.8, 4) is 0 Å². The van der Waals surface area contributed by atoms with Crippen molar-refractivity contribution >= 4 is 0 Å². The summed E-state index contributed by atoms with van der Waals surface area (Å²) in [7, 11) is 0. The van der Waals surface area contributed by atoms with Gasteiger partial charge in [0, 0.05) is 42.1 Å². The van der Waals surface area contributed by atoms with Crippen molar-refractivity contribution < 1.29 is 74.3 Å². The van der Waals surface area contributed by atoms with Gasteiger partial charge >= 0.3 is 12.4 Å². The first-order chi connectivity index (χ1) is 26.4. The smallest absolute Gasteiger partial charge is 0.449 e. The molecule has 314 valence electrons. The summed E-state index contributed by atoms with van der Waals surface area (Å²) in [6.07, 6.45) is -6.92. The Kier molecular flexibility index (Phi) is 9.28. The minimum Gasteiger partial charge on any atom is -0.456 e. The first-order valence-electron chi connectivity index (χ1n) is 19.8. The summed E-state index contributed by atoms with van der Waals surface area (Å²) >= 11 is 0. The van der Waals surface area contributed by atoms with E-state index in [0.717, 1.165) is 0 Å². The van der Waals surface area contributed by atoms with E-state index >= 15 is 13.2 Å². The molecule has 9 heterocycles. The van der Waals surface area contributed by atoms with Gasteiger partial charge in [-0.05, 0) is 70.1 Å². The van der Waals surface area contributed by atoms with Crippen LogP contribution in [0.25, 0.3) is 0 Å². The second-order valence-corrected chi connectivity index (χ2v) is 17.6. The third-order valence-corrected chi connectivity index (χ3v) is 14.4. The molecule has 13 nitrogen and oxygen atoms in total. The monoisotopic (exact) mass is 809 g/mol. The zero-order chi connectivity index (χ0) is 39.7. The van der Waals surface area contributed by atoms with Crippen LogP contribution in [0.4, 0.5) is 26.3 Å². The van der Waals surface area contributed by atoms with Crippen LogP contribution in [0.1, 0.15) is 91.7 Å². The fourth-order valence-electron chi connectivity index (χ4n) is 11.5. The third kappa shape index (κ3) is 5.75. The van der Waals surface area contributed by atoms with E-state index in [-0.39, 0.29) is 42.4 Å². The van der Waals surface area contributed by atoms with Crippen molar-refractivity contribution in [3.05, 3.63) is 23.2 Å². The molecule has 0 N–H and O–H groups in total. The van der Waals surface area contributed by atoms with Gasteiger partial charge in [-0.3, -0.25) is 0 Å². The molecule has 0 aromatic carbocycles. The second kappa shape index (κ2) is 13.2. The maximum absolute atomic E-state index is 15.3. The lowest BCUT2D eigenvalue weighted by atomic mass is 9.57. The van der Waals surface area contributed by atoms with E-state index < -0.39 is 90.2 Å². The van der Waals surface area contributed by atoms with Crippen molar-refractivity contribution in [1.82, 2.24) is 15.0 Å². The molecule has 2 saturated carbocycles. The van der Waals surface area contributed by atoms with E-state index in [1.54, 1.807) is 13.8 Å². The van der Waals surface area contributed by atoms with Gasteiger partial charge in [0.05, 0.1) is 38.3 Å². The molecule has 2 spiro atoms. The highest BCUT2D eigenvalue weighted by molar-refractivity contribution is 5.28. The highest BCUT2D eigenvalue weighted by Gasteiger charge is 2.77. The van der Waals surface area contributed by atoms with Crippen molar-refractivity contribution in [2.75, 3.05) is 13.2 Å². The number of ether oxygens (including phenoxy) is 6. The predicted octanol–water partition coefficient (Wildman–Crippen LogP) is 7.01. The Morgan fingerprint density at radius 2 is 1.41 bits per heavy atom. The van der Waals surface area contributed by atoms with E-state index in [4.69, 9.17) is 48.0 Å². The molecule has 56 heavy (non-hydrogen) atoms. The van der Waals surface area contributed by atoms with Crippen molar-refractivity contribution in [3.63, 3.8) is 0 Å². The van der Waals surface area contributed by atoms with Gasteiger partial charge in [0.15, 0.2) is 17.5 Å². The standard InChI is InChI=1S/C37H49F6N3O10/c1-19-6-8-26-21(3)35(37(41,42)43,52-30-33(26)24(19)10-13-32(5,51-30)54-55-33)48-15-14-46-22(16-44-45-46)17-47-18-23-27-9-7-20(2)25-11-12-31(4)50-29(34(25,27)56-53-31)49-28(23)36(38,39)40/h16,19-21,24-27,29-30H,6-15,17-18H2,1-5H3/t19-,20-,21-,24?,25?,26+,27+,29-,30?,31+,32+,33-,34-,35-/m1/s1. The molecule has 11 rings (SSSR count). The lowest BCUT2D eigenvalue weighted by molar-refractivity contribution is -0.599. The van der Waals surface area contributed by atoms with Crippen LogP contribution < -0.4 is 0 Å². The maximum Gasteiger partial charge on any atom is 0.449 e. The SMILES string of the molecule is C[C@@H]1CC[C@H]2[C@@H](C)[C@](OCCn3nncc3COCC3=C(C(F)(F)F)O[C@@H]4O[C@]5(C)CCC6[C@H](C)CC[C@@H]3[C@]64OO5)(C(F)(F)F)OC3O[C@]4(C)CCC1[C@]32OO4. The third-order valence-electron chi connectivity index (χ3n) is 14.4. The summed E-state index contributed by atoms with van der Waals surface area (Å²) in [4.78, 5) is 23.5. The Labute approximate surface area is 319 Å². The molecule has 9 fully saturated rings. The number of rotatable bonds is 8. The molecule has 2 aliphatic carbocycles. The molecular formula is C37H49F6N3O10. The summed E-state index contributed by atoms with van der Waals surface area (Å²) in [6, 6.07) is 0. The second-order valence-electron chi connectivity index (χ2n) is 17.6. The van der Waals surface area contributed by atoms with Gasteiger partial charge in [0.25, 0.3) is 5.79 Å². The fourth-order valence-corrected chi connectivity index (χ4v) is 11.5. The van der Waals surface area contributed by atoms with Crippen LogP contribution >= 0.6 is 0 Å². The molecule has 8 aliphatic heterocycles. The summed E-state index contributed by atoms with van der Waals surface area (Å²) in [5.74, 6) is -9.46. The van der Waals surface area contributed by atoms with Crippen molar-refractivity contribution in [2.45, 2.75) is 153 Å². The number of aromatic nitrogens is 3. The van der Waals surface area contributed by atoms with Crippen LogP contribution in [0.3, 0.4) is 0 Å². The van der Waals surface area contributed by atoms with E-state index in [9.17, 15) is 13.2 Å². The summed E-state index contributed by atoms with van der Waals surface area (Å²) in [5, 5.41) is 7.91. The Morgan fingerprint density at radius 3 is 2.09 bits per heavy atom.